The van der Waals surface area contributed by atoms with Crippen molar-refractivity contribution in [3.8, 4) is 11.5 Å². The lowest BCUT2D eigenvalue weighted by molar-refractivity contribution is -0.140. The first kappa shape index (κ1) is 14.4. The van der Waals surface area contributed by atoms with Gasteiger partial charge >= 0.3 is 0 Å². The van der Waals surface area contributed by atoms with Crippen LogP contribution < -0.4 is 0 Å². The largest absolute Gasteiger partial charge is 0.507 e. The summed E-state index contributed by atoms with van der Waals surface area (Å²) in [4.78, 5) is 24.9. The normalized spacial score (nSPS) is 31.6. The first-order valence-corrected chi connectivity index (χ1v) is 8.08. The van der Waals surface area contributed by atoms with Gasteiger partial charge in [-0.1, -0.05) is 12.2 Å². The molecule has 118 valence electrons. The van der Waals surface area contributed by atoms with Crippen molar-refractivity contribution in [2.45, 2.75) is 6.42 Å². The first-order valence-electron chi connectivity index (χ1n) is 7.29. The zero-order valence-corrected chi connectivity index (χ0v) is 13.5. The smallest absolute Gasteiger partial charge is 0.254 e. The molecule has 1 aliphatic heterocycles. The molecule has 0 radical (unpaired) electrons. The summed E-state index contributed by atoms with van der Waals surface area (Å²) in [5, 5.41) is 24.2. The van der Waals surface area contributed by atoms with Crippen molar-refractivity contribution in [3.63, 3.8) is 0 Å². The van der Waals surface area contributed by atoms with E-state index in [0.717, 1.165) is 17.5 Å². The molecule has 4 rings (SSSR count). The van der Waals surface area contributed by atoms with Crippen LogP contribution in [-0.4, -0.2) is 33.3 Å². The second-order valence-corrected chi connectivity index (χ2v) is 6.95. The van der Waals surface area contributed by atoms with E-state index in [1.165, 1.54) is 12.3 Å². The number of aromatic hydroxyl groups is 2. The maximum atomic E-state index is 12.5. The molecule has 6 nitrogen and oxygen atoms in total. The topological polar surface area (TPSA) is 90.2 Å². The molecular formula is C16H13BrN2O4. The molecule has 2 amide bonds. The number of amides is 2. The summed E-state index contributed by atoms with van der Waals surface area (Å²) < 4.78 is 0.384. The third kappa shape index (κ3) is 2.03. The number of rotatable bonds is 2. The van der Waals surface area contributed by atoms with Crippen LogP contribution >= 0.6 is 15.9 Å². The fourth-order valence-corrected chi connectivity index (χ4v) is 4.15. The van der Waals surface area contributed by atoms with Crippen LogP contribution in [0.2, 0.25) is 0 Å². The van der Waals surface area contributed by atoms with Gasteiger partial charge in [0, 0.05) is 11.6 Å². The number of fused-ring (bicyclic) bond motifs is 5. The summed E-state index contributed by atoms with van der Waals surface area (Å²) in [6, 6.07) is 2.63. The van der Waals surface area contributed by atoms with Gasteiger partial charge in [0.2, 0.25) is 0 Å². The van der Waals surface area contributed by atoms with Gasteiger partial charge in [0.15, 0.2) is 0 Å². The van der Waals surface area contributed by atoms with Gasteiger partial charge in [-0.2, -0.15) is 10.1 Å². The number of hydrazone groups is 1. The van der Waals surface area contributed by atoms with Gasteiger partial charge in [-0.15, -0.1) is 0 Å². The molecule has 1 aromatic rings. The fourth-order valence-electron chi connectivity index (χ4n) is 3.79. The summed E-state index contributed by atoms with van der Waals surface area (Å²) in [7, 11) is 0. The number of carbonyl (C=O) groups is 2. The molecule has 2 N–H and O–H groups in total. The molecule has 1 saturated heterocycles. The van der Waals surface area contributed by atoms with E-state index < -0.39 is 0 Å². The van der Waals surface area contributed by atoms with Crippen LogP contribution in [-0.2, 0) is 9.59 Å². The molecule has 2 fully saturated rings. The number of hydrogen-bond donors (Lipinski definition) is 2. The van der Waals surface area contributed by atoms with Crippen molar-refractivity contribution in [1.29, 1.82) is 0 Å². The number of benzene rings is 1. The van der Waals surface area contributed by atoms with Gasteiger partial charge in [0.25, 0.3) is 11.8 Å². The van der Waals surface area contributed by atoms with Crippen molar-refractivity contribution < 1.29 is 19.8 Å². The predicted octanol–water partition coefficient (Wildman–Crippen LogP) is 2.00. The lowest BCUT2D eigenvalue weighted by Gasteiger charge is -2.13. The lowest BCUT2D eigenvalue weighted by Crippen LogP contribution is -2.28. The Morgan fingerprint density at radius 2 is 1.70 bits per heavy atom. The van der Waals surface area contributed by atoms with Crippen LogP contribution in [0.4, 0.5) is 0 Å². The minimum absolute atomic E-state index is 0.106. The van der Waals surface area contributed by atoms with Crippen LogP contribution in [0.5, 0.6) is 11.5 Å². The maximum absolute atomic E-state index is 12.5. The Morgan fingerprint density at radius 3 is 2.30 bits per heavy atom. The van der Waals surface area contributed by atoms with E-state index in [2.05, 4.69) is 21.0 Å². The number of phenols is 2. The number of carbonyl (C=O) groups excluding carboxylic acids is 2. The van der Waals surface area contributed by atoms with Crippen molar-refractivity contribution in [3.05, 3.63) is 34.3 Å². The van der Waals surface area contributed by atoms with Crippen LogP contribution in [0.1, 0.15) is 12.0 Å². The number of allylic oxidation sites excluding steroid dienone is 2. The summed E-state index contributed by atoms with van der Waals surface area (Å²) in [6.45, 7) is 0. The van der Waals surface area contributed by atoms with Crippen LogP contribution in [0.15, 0.2) is 33.9 Å². The zero-order chi connectivity index (χ0) is 16.3. The number of phenolic OH excluding ortho intramolecular Hbond substituents is 2. The molecule has 1 heterocycles. The fraction of sp³-hybridized carbons (Fsp3) is 0.312. The number of nitrogens with zero attached hydrogens (tertiary/aromatic N) is 2. The van der Waals surface area contributed by atoms with Crippen molar-refractivity contribution in [1.82, 2.24) is 5.01 Å². The van der Waals surface area contributed by atoms with Crippen molar-refractivity contribution in [2.24, 2.45) is 28.8 Å². The highest BCUT2D eigenvalue weighted by molar-refractivity contribution is 9.10. The summed E-state index contributed by atoms with van der Waals surface area (Å²) in [5.41, 5.74) is 0.299. The van der Waals surface area contributed by atoms with Gasteiger partial charge in [-0.3, -0.25) is 9.59 Å². The van der Waals surface area contributed by atoms with Crippen LogP contribution in [0, 0.1) is 23.7 Å². The molecule has 2 bridgehead atoms. The third-order valence-corrected chi connectivity index (χ3v) is 5.49. The van der Waals surface area contributed by atoms with Gasteiger partial charge < -0.3 is 10.2 Å². The Balaban J connectivity index is 1.62. The summed E-state index contributed by atoms with van der Waals surface area (Å²) in [5.74, 6) is -1.16. The highest BCUT2D eigenvalue weighted by Crippen LogP contribution is 2.52. The third-order valence-electron chi connectivity index (χ3n) is 4.86. The Hall–Kier alpha value is -2.15. The quantitative estimate of drug-likeness (QED) is 0.469. The minimum atomic E-state index is -0.296. The molecule has 1 aromatic carbocycles. The zero-order valence-electron chi connectivity index (χ0n) is 11.9. The standard InChI is InChI=1S/C16H13BrN2O4/c17-10-4-9(11(20)5-12(10)21)6-18-19-15(22)13-7-1-2-8(3-7)14(13)16(19)23/h1-2,4-8,13-14,20-21H,3H2/b18-6-/t7-,8-,13+,14+/m0/s1. The average molecular weight is 377 g/mol. The Bertz CT molecular complexity index is 759. The van der Waals surface area contributed by atoms with E-state index >= 15 is 0 Å². The van der Waals surface area contributed by atoms with E-state index in [9.17, 15) is 19.8 Å². The van der Waals surface area contributed by atoms with Gasteiger partial charge in [-0.05, 0) is 40.3 Å². The molecule has 23 heavy (non-hydrogen) atoms. The molecule has 1 saturated carbocycles. The summed E-state index contributed by atoms with van der Waals surface area (Å²) in [6.07, 6.45) is 6.17. The second kappa shape index (κ2) is 4.92. The Morgan fingerprint density at radius 1 is 1.09 bits per heavy atom. The molecule has 0 unspecified atom stereocenters. The number of imide groups is 1. The van der Waals surface area contributed by atoms with E-state index in [4.69, 9.17) is 0 Å². The maximum Gasteiger partial charge on any atom is 0.254 e. The van der Waals surface area contributed by atoms with E-state index in [1.54, 1.807) is 0 Å². The minimum Gasteiger partial charge on any atom is -0.507 e. The van der Waals surface area contributed by atoms with Crippen LogP contribution in [0.3, 0.4) is 0 Å². The molecule has 2 aliphatic carbocycles. The van der Waals surface area contributed by atoms with Crippen molar-refractivity contribution >= 4 is 34.0 Å². The van der Waals surface area contributed by atoms with Gasteiger partial charge in [0.05, 0.1) is 22.5 Å². The van der Waals surface area contributed by atoms with E-state index in [1.807, 2.05) is 12.2 Å². The molecule has 4 atom stereocenters. The van der Waals surface area contributed by atoms with E-state index in [0.29, 0.717) is 10.0 Å². The van der Waals surface area contributed by atoms with E-state index in [-0.39, 0.29) is 47.0 Å². The Labute approximate surface area is 140 Å². The second-order valence-electron chi connectivity index (χ2n) is 6.10. The molecule has 7 heteroatoms. The van der Waals surface area contributed by atoms with Gasteiger partial charge in [0.1, 0.15) is 11.5 Å². The van der Waals surface area contributed by atoms with Gasteiger partial charge in [-0.25, -0.2) is 0 Å². The average Bonchev–Trinajstić information content (AvgIpc) is 3.17. The summed E-state index contributed by atoms with van der Waals surface area (Å²) >= 11 is 3.14. The Kier molecular flexibility index (Phi) is 3.09. The number of halogens is 1. The molecule has 3 aliphatic rings. The lowest BCUT2D eigenvalue weighted by atomic mass is 9.85. The predicted molar refractivity (Wildman–Crippen MR) is 84.6 cm³/mol. The monoisotopic (exact) mass is 376 g/mol. The highest BCUT2D eigenvalue weighted by atomic mass is 79.9. The molecule has 0 aromatic heterocycles. The highest BCUT2D eigenvalue weighted by Gasteiger charge is 2.59. The first-order chi connectivity index (χ1) is 11.0. The van der Waals surface area contributed by atoms with Crippen LogP contribution in [0.25, 0.3) is 0 Å². The number of hydrogen-bond acceptors (Lipinski definition) is 5. The molecular weight excluding hydrogens is 364 g/mol. The molecule has 0 spiro atoms. The SMILES string of the molecule is O=C1[C@H]2[C@H](C(=O)N1/N=C\c1cc(Br)c(O)cc1O)[C@H]1C=C[C@H]2C1. The van der Waals surface area contributed by atoms with Crippen molar-refractivity contribution in [2.75, 3.05) is 0 Å².